The molecule has 1 N–H and O–H groups in total. The molecule has 0 amide bonds. The molecule has 1 aliphatic rings. The fourth-order valence-electron chi connectivity index (χ4n) is 2.05. The Hall–Kier alpha value is -1.27. The van der Waals surface area contributed by atoms with Gasteiger partial charge in [0.15, 0.2) is 0 Å². The second kappa shape index (κ2) is 6.25. The van der Waals surface area contributed by atoms with Gasteiger partial charge in [-0.1, -0.05) is 18.2 Å². The zero-order valence-corrected chi connectivity index (χ0v) is 10.4. The molecule has 1 aliphatic heterocycles. The van der Waals surface area contributed by atoms with E-state index in [1.54, 1.807) is 12.1 Å². The number of hydrogen-bond acceptors (Lipinski definition) is 3. The van der Waals surface area contributed by atoms with Crippen molar-refractivity contribution in [1.29, 1.82) is 0 Å². The molecule has 106 valence electrons. The fraction of sp³-hybridized carbons (Fsp3) is 0.538. The minimum atomic E-state index is -4.66. The van der Waals surface area contributed by atoms with Gasteiger partial charge in [-0.25, -0.2) is 0 Å². The molecule has 0 bridgehead atoms. The van der Waals surface area contributed by atoms with Crippen LogP contribution in [0.3, 0.4) is 0 Å². The predicted molar refractivity (Wildman–Crippen MR) is 63.8 cm³/mol. The van der Waals surface area contributed by atoms with Gasteiger partial charge >= 0.3 is 6.36 Å². The molecule has 1 unspecified atom stereocenters. The molecule has 0 aliphatic carbocycles. The highest BCUT2D eigenvalue weighted by molar-refractivity contribution is 5.33. The largest absolute Gasteiger partial charge is 0.573 e. The maximum atomic E-state index is 12.2. The van der Waals surface area contributed by atoms with Crippen LogP contribution >= 0.6 is 0 Å². The molecule has 1 saturated heterocycles. The SMILES string of the molecule is FC(F)(F)Oc1ccccc1CNCC1CCCO1. The summed E-state index contributed by atoms with van der Waals surface area (Å²) in [5.74, 6) is -0.158. The van der Waals surface area contributed by atoms with E-state index in [1.807, 2.05) is 0 Å². The van der Waals surface area contributed by atoms with Gasteiger partial charge in [-0.05, 0) is 18.9 Å². The van der Waals surface area contributed by atoms with Gasteiger partial charge in [0, 0.05) is 25.3 Å². The Balaban J connectivity index is 1.88. The summed E-state index contributed by atoms with van der Waals surface area (Å²) in [7, 11) is 0. The highest BCUT2D eigenvalue weighted by Gasteiger charge is 2.31. The number of nitrogens with one attached hydrogen (secondary N) is 1. The molecule has 1 fully saturated rings. The minimum Gasteiger partial charge on any atom is -0.405 e. The van der Waals surface area contributed by atoms with Crippen LogP contribution in [0.5, 0.6) is 5.75 Å². The van der Waals surface area contributed by atoms with Crippen molar-refractivity contribution in [3.63, 3.8) is 0 Å². The molecule has 19 heavy (non-hydrogen) atoms. The van der Waals surface area contributed by atoms with Crippen molar-refractivity contribution < 1.29 is 22.6 Å². The van der Waals surface area contributed by atoms with Crippen molar-refractivity contribution in [2.24, 2.45) is 0 Å². The van der Waals surface area contributed by atoms with E-state index in [1.165, 1.54) is 12.1 Å². The average Bonchev–Trinajstić information content (AvgIpc) is 2.82. The van der Waals surface area contributed by atoms with Gasteiger partial charge in [-0.2, -0.15) is 0 Å². The first-order valence-corrected chi connectivity index (χ1v) is 6.20. The van der Waals surface area contributed by atoms with Crippen LogP contribution < -0.4 is 10.1 Å². The van der Waals surface area contributed by atoms with Crippen molar-refractivity contribution in [2.75, 3.05) is 13.2 Å². The molecule has 1 aromatic rings. The maximum absolute atomic E-state index is 12.2. The quantitative estimate of drug-likeness (QED) is 0.896. The number of alkyl halides is 3. The van der Waals surface area contributed by atoms with E-state index in [0.717, 1.165) is 19.4 Å². The van der Waals surface area contributed by atoms with Gasteiger partial charge in [0.2, 0.25) is 0 Å². The lowest BCUT2D eigenvalue weighted by atomic mass is 10.2. The molecular formula is C13H16F3NO2. The van der Waals surface area contributed by atoms with Crippen molar-refractivity contribution in [1.82, 2.24) is 5.32 Å². The summed E-state index contributed by atoms with van der Waals surface area (Å²) in [6.45, 7) is 1.73. The lowest BCUT2D eigenvalue weighted by Gasteiger charge is -2.15. The van der Waals surface area contributed by atoms with Crippen LogP contribution in [0.15, 0.2) is 24.3 Å². The molecular weight excluding hydrogens is 259 g/mol. The van der Waals surface area contributed by atoms with Gasteiger partial charge in [-0.3, -0.25) is 0 Å². The maximum Gasteiger partial charge on any atom is 0.573 e. The van der Waals surface area contributed by atoms with E-state index in [2.05, 4.69) is 10.1 Å². The van der Waals surface area contributed by atoms with Crippen molar-refractivity contribution in [3.05, 3.63) is 29.8 Å². The van der Waals surface area contributed by atoms with E-state index in [0.29, 0.717) is 18.7 Å². The molecule has 0 aromatic heterocycles. The highest BCUT2D eigenvalue weighted by Crippen LogP contribution is 2.26. The Morgan fingerprint density at radius 1 is 1.32 bits per heavy atom. The zero-order chi connectivity index (χ0) is 13.7. The number of rotatable bonds is 5. The van der Waals surface area contributed by atoms with Crippen molar-refractivity contribution >= 4 is 0 Å². The average molecular weight is 275 g/mol. The van der Waals surface area contributed by atoms with E-state index in [9.17, 15) is 13.2 Å². The Morgan fingerprint density at radius 3 is 2.79 bits per heavy atom. The molecule has 0 spiro atoms. The first kappa shape index (κ1) is 14.1. The number of hydrogen-bond donors (Lipinski definition) is 1. The van der Waals surface area contributed by atoms with Crippen LogP contribution in [0.2, 0.25) is 0 Å². The van der Waals surface area contributed by atoms with Crippen molar-refractivity contribution in [2.45, 2.75) is 31.9 Å². The minimum absolute atomic E-state index is 0.158. The van der Waals surface area contributed by atoms with E-state index >= 15 is 0 Å². The zero-order valence-electron chi connectivity index (χ0n) is 10.4. The van der Waals surface area contributed by atoms with E-state index < -0.39 is 6.36 Å². The summed E-state index contributed by atoms with van der Waals surface area (Å²) < 4.78 is 46.1. The van der Waals surface area contributed by atoms with Crippen LogP contribution in [0, 0.1) is 0 Å². The smallest absolute Gasteiger partial charge is 0.405 e. The van der Waals surface area contributed by atoms with Crippen LogP contribution in [0.4, 0.5) is 13.2 Å². The molecule has 3 nitrogen and oxygen atoms in total. The van der Waals surface area contributed by atoms with Gasteiger partial charge in [-0.15, -0.1) is 13.2 Å². The van der Waals surface area contributed by atoms with E-state index in [-0.39, 0.29) is 11.9 Å². The van der Waals surface area contributed by atoms with Gasteiger partial charge in [0.25, 0.3) is 0 Å². The summed E-state index contributed by atoms with van der Waals surface area (Å²) in [4.78, 5) is 0. The molecule has 2 rings (SSSR count). The Kier molecular flexibility index (Phi) is 4.66. The monoisotopic (exact) mass is 275 g/mol. The second-order valence-electron chi connectivity index (χ2n) is 4.42. The van der Waals surface area contributed by atoms with Gasteiger partial charge in [0.05, 0.1) is 6.10 Å². The van der Waals surface area contributed by atoms with Crippen LogP contribution in [-0.4, -0.2) is 25.6 Å². The molecule has 1 aromatic carbocycles. The molecule has 0 saturated carbocycles. The summed E-state index contributed by atoms with van der Waals surface area (Å²) >= 11 is 0. The molecule has 6 heteroatoms. The Morgan fingerprint density at radius 2 is 2.11 bits per heavy atom. The normalized spacial score (nSPS) is 19.6. The third-order valence-corrected chi connectivity index (χ3v) is 2.91. The van der Waals surface area contributed by atoms with Crippen LogP contribution in [0.25, 0.3) is 0 Å². The third-order valence-electron chi connectivity index (χ3n) is 2.91. The number of halogens is 3. The fourth-order valence-corrected chi connectivity index (χ4v) is 2.05. The molecule has 1 atom stereocenters. The number of benzene rings is 1. The van der Waals surface area contributed by atoms with E-state index in [4.69, 9.17) is 4.74 Å². The predicted octanol–water partition coefficient (Wildman–Crippen LogP) is 2.85. The topological polar surface area (TPSA) is 30.5 Å². The molecule has 0 radical (unpaired) electrons. The van der Waals surface area contributed by atoms with Crippen LogP contribution in [0.1, 0.15) is 18.4 Å². The standard InChI is InChI=1S/C13H16F3NO2/c14-13(15,16)19-12-6-2-1-4-10(12)8-17-9-11-5-3-7-18-11/h1-2,4,6,11,17H,3,5,7-9H2. The van der Waals surface area contributed by atoms with Crippen LogP contribution in [-0.2, 0) is 11.3 Å². The van der Waals surface area contributed by atoms with Gasteiger partial charge < -0.3 is 14.8 Å². The summed E-state index contributed by atoms with van der Waals surface area (Å²) in [6.07, 6.45) is -2.46. The van der Waals surface area contributed by atoms with Crippen molar-refractivity contribution in [3.8, 4) is 5.75 Å². The second-order valence-corrected chi connectivity index (χ2v) is 4.42. The highest BCUT2D eigenvalue weighted by atomic mass is 19.4. The first-order chi connectivity index (χ1) is 9.04. The lowest BCUT2D eigenvalue weighted by molar-refractivity contribution is -0.274. The molecule has 1 heterocycles. The third kappa shape index (κ3) is 4.72. The first-order valence-electron chi connectivity index (χ1n) is 6.20. The number of ether oxygens (including phenoxy) is 2. The summed E-state index contributed by atoms with van der Waals surface area (Å²) in [5.41, 5.74) is 0.484. The summed E-state index contributed by atoms with van der Waals surface area (Å²) in [5, 5.41) is 3.10. The Labute approximate surface area is 109 Å². The van der Waals surface area contributed by atoms with Gasteiger partial charge in [0.1, 0.15) is 5.75 Å². The summed E-state index contributed by atoms with van der Waals surface area (Å²) in [6, 6.07) is 6.14. The number of para-hydroxylation sites is 1. The Bertz CT molecular complexity index is 403. The lowest BCUT2D eigenvalue weighted by Crippen LogP contribution is -2.26.